The van der Waals surface area contributed by atoms with Crippen molar-refractivity contribution in [2.24, 2.45) is 0 Å². The van der Waals surface area contributed by atoms with Gasteiger partial charge in [-0.1, -0.05) is 13.0 Å². The van der Waals surface area contributed by atoms with Crippen LogP contribution < -0.4 is 14.8 Å². The fourth-order valence-corrected chi connectivity index (χ4v) is 2.32. The Hall–Kier alpha value is -2.08. The fraction of sp³-hybridized carbons (Fsp3) is 0.467. The Kier molecular flexibility index (Phi) is 5.16. The number of hydrogen-bond acceptors (Lipinski definition) is 5. The Morgan fingerprint density at radius 2 is 2.00 bits per heavy atom. The van der Waals surface area contributed by atoms with E-state index in [1.54, 1.807) is 14.2 Å². The predicted molar refractivity (Wildman–Crippen MR) is 80.5 cm³/mol. The number of aromatic amines is 1. The Morgan fingerprint density at radius 1 is 1.24 bits per heavy atom. The first-order valence-corrected chi connectivity index (χ1v) is 7.02. The van der Waals surface area contributed by atoms with Crippen LogP contribution in [-0.4, -0.2) is 29.4 Å². The average Bonchev–Trinajstić information content (AvgIpc) is 3.06. The highest BCUT2D eigenvalue weighted by Crippen LogP contribution is 2.31. The highest BCUT2D eigenvalue weighted by molar-refractivity contribution is 5.43. The number of ether oxygens (including phenoxy) is 2. The summed E-state index contributed by atoms with van der Waals surface area (Å²) in [6, 6.07) is 6.27. The third-order valence-corrected chi connectivity index (χ3v) is 3.51. The Labute approximate surface area is 124 Å². The van der Waals surface area contributed by atoms with Gasteiger partial charge < -0.3 is 14.8 Å². The molecule has 21 heavy (non-hydrogen) atoms. The minimum Gasteiger partial charge on any atom is -0.493 e. The smallest absolute Gasteiger partial charge is 0.161 e. The predicted octanol–water partition coefficient (Wildman–Crippen LogP) is 2.62. The van der Waals surface area contributed by atoms with Gasteiger partial charge in [0.1, 0.15) is 12.2 Å². The lowest BCUT2D eigenvalue weighted by atomic mass is 10.0. The third kappa shape index (κ3) is 3.52. The molecule has 0 aliphatic heterocycles. The number of nitrogens with one attached hydrogen (secondary N) is 2. The number of aromatic nitrogens is 3. The largest absolute Gasteiger partial charge is 0.493 e. The van der Waals surface area contributed by atoms with Crippen LogP contribution in [0.3, 0.4) is 0 Å². The number of hydrogen-bond donors (Lipinski definition) is 2. The lowest BCUT2D eigenvalue weighted by Crippen LogP contribution is -2.25. The van der Waals surface area contributed by atoms with Crippen LogP contribution >= 0.6 is 0 Å². The molecule has 2 atom stereocenters. The summed E-state index contributed by atoms with van der Waals surface area (Å²) in [6.45, 7) is 4.20. The number of nitrogens with zero attached hydrogens (tertiary/aromatic N) is 2. The molecular formula is C15H22N4O2. The number of H-pyrrole nitrogens is 1. The van der Waals surface area contributed by atoms with E-state index in [9.17, 15) is 0 Å². The summed E-state index contributed by atoms with van der Waals surface area (Å²) in [5, 5.41) is 10.3. The number of rotatable bonds is 7. The highest BCUT2D eigenvalue weighted by atomic mass is 16.5. The van der Waals surface area contributed by atoms with Crippen LogP contribution in [0.5, 0.6) is 11.5 Å². The van der Waals surface area contributed by atoms with Crippen LogP contribution in [0.2, 0.25) is 0 Å². The van der Waals surface area contributed by atoms with Crippen LogP contribution in [0.1, 0.15) is 43.7 Å². The lowest BCUT2D eigenvalue weighted by molar-refractivity contribution is 0.353. The minimum atomic E-state index is 0.0885. The van der Waals surface area contributed by atoms with Crippen LogP contribution in [0.25, 0.3) is 0 Å². The molecule has 0 amide bonds. The maximum Gasteiger partial charge on any atom is 0.161 e. The normalized spacial score (nSPS) is 13.7. The molecule has 6 heteroatoms. The Bertz CT molecular complexity index is 557. The molecule has 0 saturated carbocycles. The second-order valence-corrected chi connectivity index (χ2v) is 4.83. The third-order valence-electron chi connectivity index (χ3n) is 3.51. The van der Waals surface area contributed by atoms with Gasteiger partial charge in [0.2, 0.25) is 0 Å². The number of benzene rings is 1. The van der Waals surface area contributed by atoms with Crippen LogP contribution in [0, 0.1) is 0 Å². The molecule has 0 radical (unpaired) electrons. The second kappa shape index (κ2) is 7.08. The van der Waals surface area contributed by atoms with Crippen molar-refractivity contribution in [2.45, 2.75) is 32.4 Å². The van der Waals surface area contributed by atoms with Crippen LogP contribution in [0.15, 0.2) is 24.5 Å². The van der Waals surface area contributed by atoms with Crippen molar-refractivity contribution in [1.82, 2.24) is 20.5 Å². The van der Waals surface area contributed by atoms with Crippen molar-refractivity contribution in [3.05, 3.63) is 35.9 Å². The molecular weight excluding hydrogens is 268 g/mol. The van der Waals surface area contributed by atoms with E-state index < -0.39 is 0 Å². The molecule has 6 nitrogen and oxygen atoms in total. The quantitative estimate of drug-likeness (QED) is 0.820. The van der Waals surface area contributed by atoms with E-state index in [4.69, 9.17) is 9.47 Å². The Balaban J connectivity index is 2.17. The summed E-state index contributed by atoms with van der Waals surface area (Å²) < 4.78 is 10.6. The van der Waals surface area contributed by atoms with Gasteiger partial charge in [0.25, 0.3) is 0 Å². The zero-order valence-electron chi connectivity index (χ0n) is 12.9. The van der Waals surface area contributed by atoms with Gasteiger partial charge in [0, 0.05) is 6.04 Å². The molecule has 114 valence electrons. The SMILES string of the molecule is CCC(NC(C)c1ncn[nH]1)c1ccc(OC)c(OC)c1. The summed E-state index contributed by atoms with van der Waals surface area (Å²) in [6.07, 6.45) is 2.47. The zero-order chi connectivity index (χ0) is 15.2. The molecule has 2 rings (SSSR count). The summed E-state index contributed by atoms with van der Waals surface area (Å²) in [4.78, 5) is 4.18. The van der Waals surface area contributed by atoms with E-state index in [0.29, 0.717) is 0 Å². The Morgan fingerprint density at radius 3 is 2.57 bits per heavy atom. The number of methoxy groups -OCH3 is 2. The molecule has 0 spiro atoms. The van der Waals surface area contributed by atoms with E-state index in [0.717, 1.165) is 29.3 Å². The van der Waals surface area contributed by atoms with E-state index in [2.05, 4.69) is 40.4 Å². The molecule has 1 heterocycles. The minimum absolute atomic E-state index is 0.0885. The van der Waals surface area contributed by atoms with E-state index in [1.807, 2.05) is 12.1 Å². The van der Waals surface area contributed by atoms with E-state index in [1.165, 1.54) is 6.33 Å². The topological polar surface area (TPSA) is 72.1 Å². The van der Waals surface area contributed by atoms with Gasteiger partial charge in [-0.25, -0.2) is 4.98 Å². The molecule has 2 aromatic rings. The van der Waals surface area contributed by atoms with E-state index >= 15 is 0 Å². The average molecular weight is 290 g/mol. The van der Waals surface area contributed by atoms with Crippen molar-refractivity contribution >= 4 is 0 Å². The maximum atomic E-state index is 5.37. The van der Waals surface area contributed by atoms with Crippen molar-refractivity contribution in [3.63, 3.8) is 0 Å². The summed E-state index contributed by atoms with van der Waals surface area (Å²) in [5.74, 6) is 2.30. The van der Waals surface area contributed by atoms with Gasteiger partial charge in [0.05, 0.1) is 20.3 Å². The molecule has 1 aromatic carbocycles. The fourth-order valence-electron chi connectivity index (χ4n) is 2.32. The van der Waals surface area contributed by atoms with E-state index in [-0.39, 0.29) is 12.1 Å². The standard InChI is InChI=1S/C15H22N4O2/c1-5-12(18-10(2)15-16-9-17-19-15)11-6-7-13(20-3)14(8-11)21-4/h6-10,12,18H,5H2,1-4H3,(H,16,17,19). The van der Waals surface area contributed by atoms with Crippen molar-refractivity contribution in [1.29, 1.82) is 0 Å². The van der Waals surface area contributed by atoms with Crippen molar-refractivity contribution < 1.29 is 9.47 Å². The maximum absolute atomic E-state index is 5.37. The molecule has 0 bridgehead atoms. The monoisotopic (exact) mass is 290 g/mol. The molecule has 0 aliphatic carbocycles. The molecule has 0 aliphatic rings. The summed E-state index contributed by atoms with van der Waals surface area (Å²) in [7, 11) is 3.28. The molecule has 2 N–H and O–H groups in total. The first-order chi connectivity index (χ1) is 10.2. The van der Waals surface area contributed by atoms with Gasteiger partial charge >= 0.3 is 0 Å². The first-order valence-electron chi connectivity index (χ1n) is 7.02. The van der Waals surface area contributed by atoms with Crippen LogP contribution in [-0.2, 0) is 0 Å². The van der Waals surface area contributed by atoms with Gasteiger partial charge in [-0.15, -0.1) is 0 Å². The van der Waals surface area contributed by atoms with Crippen molar-refractivity contribution in [2.75, 3.05) is 14.2 Å². The van der Waals surface area contributed by atoms with Gasteiger partial charge in [-0.3, -0.25) is 5.10 Å². The molecule has 0 fully saturated rings. The van der Waals surface area contributed by atoms with Crippen molar-refractivity contribution in [3.8, 4) is 11.5 Å². The van der Waals surface area contributed by atoms with Gasteiger partial charge in [-0.05, 0) is 31.0 Å². The molecule has 1 aromatic heterocycles. The lowest BCUT2D eigenvalue weighted by Gasteiger charge is -2.22. The van der Waals surface area contributed by atoms with Gasteiger partial charge in [0.15, 0.2) is 11.5 Å². The zero-order valence-corrected chi connectivity index (χ0v) is 12.9. The van der Waals surface area contributed by atoms with Gasteiger partial charge in [-0.2, -0.15) is 5.10 Å². The highest BCUT2D eigenvalue weighted by Gasteiger charge is 2.17. The summed E-state index contributed by atoms with van der Waals surface area (Å²) >= 11 is 0. The van der Waals surface area contributed by atoms with Crippen LogP contribution in [0.4, 0.5) is 0 Å². The molecule has 2 unspecified atom stereocenters. The summed E-state index contributed by atoms with van der Waals surface area (Å²) in [5.41, 5.74) is 1.15. The second-order valence-electron chi connectivity index (χ2n) is 4.83. The molecule has 0 saturated heterocycles. The first kappa shape index (κ1) is 15.3.